The number of hydrogen-bond donors (Lipinski definition) is 2. The molecule has 0 radical (unpaired) electrons. The Kier molecular flexibility index (Phi) is 8.16. The molecule has 0 heterocycles. The zero-order chi connectivity index (χ0) is 14.1. The molecule has 2 N–H and O–H groups in total. The third-order valence-corrected chi connectivity index (χ3v) is 2.87. The average molecular weight is 258 g/mol. The minimum Gasteiger partial charge on any atom is -0.481 e. The third kappa shape index (κ3) is 5.89. The summed E-state index contributed by atoms with van der Waals surface area (Å²) in [4.78, 5) is 24.6. The second kappa shape index (κ2) is 8.78. The van der Waals surface area contributed by atoms with Crippen LogP contribution in [0.2, 0.25) is 0 Å². The highest BCUT2D eigenvalue weighted by Gasteiger charge is 2.22. The Morgan fingerprint density at radius 3 is 2.00 bits per heavy atom. The lowest BCUT2D eigenvalue weighted by molar-refractivity contribution is -0.142. The zero-order valence-electron chi connectivity index (χ0n) is 11.9. The van der Waals surface area contributed by atoms with E-state index in [4.69, 9.17) is 5.11 Å². The Bertz CT molecular complexity index is 261. The van der Waals surface area contributed by atoms with Gasteiger partial charge < -0.3 is 15.3 Å². The lowest BCUT2D eigenvalue weighted by Gasteiger charge is -2.24. The van der Waals surface area contributed by atoms with E-state index in [2.05, 4.69) is 5.32 Å². The van der Waals surface area contributed by atoms with E-state index >= 15 is 0 Å². The van der Waals surface area contributed by atoms with E-state index in [9.17, 15) is 9.59 Å². The minimum absolute atomic E-state index is 0.00796. The molecule has 5 heteroatoms. The number of rotatable bonds is 8. The Balaban J connectivity index is 4.31. The van der Waals surface area contributed by atoms with Gasteiger partial charge in [-0.2, -0.15) is 0 Å². The van der Waals surface area contributed by atoms with E-state index in [-0.39, 0.29) is 18.5 Å². The van der Waals surface area contributed by atoms with E-state index in [0.29, 0.717) is 13.1 Å². The average Bonchev–Trinajstić information content (AvgIpc) is 2.27. The summed E-state index contributed by atoms with van der Waals surface area (Å²) >= 11 is 0. The van der Waals surface area contributed by atoms with Gasteiger partial charge in [-0.3, -0.25) is 4.79 Å². The van der Waals surface area contributed by atoms with Crippen molar-refractivity contribution in [2.75, 3.05) is 19.6 Å². The van der Waals surface area contributed by atoms with Gasteiger partial charge in [0.2, 0.25) is 0 Å². The van der Waals surface area contributed by atoms with Gasteiger partial charge in [-0.25, -0.2) is 4.79 Å². The van der Waals surface area contributed by atoms with Crippen molar-refractivity contribution in [3.8, 4) is 0 Å². The Hall–Kier alpha value is -1.26. The van der Waals surface area contributed by atoms with Gasteiger partial charge in [0, 0.05) is 19.6 Å². The predicted molar refractivity (Wildman–Crippen MR) is 71.5 cm³/mol. The number of urea groups is 1. The van der Waals surface area contributed by atoms with Crippen LogP contribution < -0.4 is 5.32 Å². The first-order chi connectivity index (χ1) is 8.43. The fraction of sp³-hybridized carbons (Fsp3) is 0.846. The first-order valence-electron chi connectivity index (χ1n) is 6.69. The number of nitrogens with one attached hydrogen (secondary N) is 1. The Morgan fingerprint density at radius 2 is 1.67 bits per heavy atom. The molecule has 0 aliphatic heterocycles. The highest BCUT2D eigenvalue weighted by atomic mass is 16.4. The van der Waals surface area contributed by atoms with Gasteiger partial charge in [-0.1, -0.05) is 27.7 Å². The molecule has 0 aromatic heterocycles. The minimum atomic E-state index is -0.858. The molecular weight excluding hydrogens is 232 g/mol. The second-order valence-electron chi connectivity index (χ2n) is 4.86. The van der Waals surface area contributed by atoms with Crippen molar-refractivity contribution >= 4 is 12.0 Å². The standard InChI is InChI=1S/C13H26N2O3/c1-5-7-15(8-6-2)13(18)14-9-11(10(3)4)12(16)17/h10-11H,5-9H2,1-4H3,(H,14,18)(H,16,17). The summed E-state index contributed by atoms with van der Waals surface area (Å²) < 4.78 is 0. The van der Waals surface area contributed by atoms with Crippen LogP contribution in [-0.4, -0.2) is 41.6 Å². The van der Waals surface area contributed by atoms with Crippen molar-refractivity contribution in [2.45, 2.75) is 40.5 Å². The number of carbonyl (C=O) groups is 2. The smallest absolute Gasteiger partial charge is 0.317 e. The Morgan fingerprint density at radius 1 is 1.17 bits per heavy atom. The zero-order valence-corrected chi connectivity index (χ0v) is 11.9. The largest absolute Gasteiger partial charge is 0.481 e. The van der Waals surface area contributed by atoms with E-state index in [0.717, 1.165) is 12.8 Å². The summed E-state index contributed by atoms with van der Waals surface area (Å²) in [6.45, 7) is 9.34. The number of aliphatic carboxylic acids is 1. The molecule has 0 aliphatic carbocycles. The van der Waals surface area contributed by atoms with Crippen molar-refractivity contribution in [1.82, 2.24) is 10.2 Å². The van der Waals surface area contributed by atoms with Crippen LogP contribution in [-0.2, 0) is 4.79 Å². The normalized spacial score (nSPS) is 12.3. The van der Waals surface area contributed by atoms with Crippen LogP contribution in [0.1, 0.15) is 40.5 Å². The van der Waals surface area contributed by atoms with Gasteiger partial charge in [0.15, 0.2) is 0 Å². The molecule has 0 aliphatic rings. The molecule has 0 fully saturated rings. The van der Waals surface area contributed by atoms with Crippen molar-refractivity contribution in [1.29, 1.82) is 0 Å². The van der Waals surface area contributed by atoms with Gasteiger partial charge in [-0.15, -0.1) is 0 Å². The monoisotopic (exact) mass is 258 g/mol. The molecule has 0 rings (SSSR count). The van der Waals surface area contributed by atoms with Gasteiger partial charge in [0.1, 0.15) is 0 Å². The van der Waals surface area contributed by atoms with Crippen molar-refractivity contribution in [3.63, 3.8) is 0 Å². The SMILES string of the molecule is CCCN(CCC)C(=O)NCC(C(=O)O)C(C)C. The predicted octanol–water partition coefficient (Wildman–Crippen LogP) is 2.17. The van der Waals surface area contributed by atoms with Gasteiger partial charge in [-0.05, 0) is 18.8 Å². The van der Waals surface area contributed by atoms with Crippen LogP contribution in [0.3, 0.4) is 0 Å². The van der Waals surface area contributed by atoms with E-state index in [1.54, 1.807) is 4.90 Å². The number of amides is 2. The molecule has 0 spiro atoms. The summed E-state index contributed by atoms with van der Waals surface area (Å²) in [5.41, 5.74) is 0. The number of nitrogens with zero attached hydrogens (tertiary/aromatic N) is 1. The maximum absolute atomic E-state index is 11.9. The number of hydrogen-bond acceptors (Lipinski definition) is 2. The first kappa shape index (κ1) is 16.7. The lowest BCUT2D eigenvalue weighted by atomic mass is 9.96. The molecule has 18 heavy (non-hydrogen) atoms. The van der Waals surface area contributed by atoms with Crippen LogP contribution in [0.25, 0.3) is 0 Å². The maximum Gasteiger partial charge on any atom is 0.317 e. The molecule has 0 aromatic rings. The molecule has 1 atom stereocenters. The van der Waals surface area contributed by atoms with Crippen LogP contribution in [0.15, 0.2) is 0 Å². The molecule has 1 unspecified atom stereocenters. The van der Waals surface area contributed by atoms with E-state index < -0.39 is 11.9 Å². The molecule has 0 saturated carbocycles. The van der Waals surface area contributed by atoms with Crippen molar-refractivity contribution in [3.05, 3.63) is 0 Å². The summed E-state index contributed by atoms with van der Waals surface area (Å²) in [7, 11) is 0. The van der Waals surface area contributed by atoms with E-state index in [1.807, 2.05) is 27.7 Å². The number of carboxylic acid groups (broad SMARTS) is 1. The van der Waals surface area contributed by atoms with Crippen LogP contribution in [0, 0.1) is 11.8 Å². The lowest BCUT2D eigenvalue weighted by Crippen LogP contribution is -2.44. The fourth-order valence-corrected chi connectivity index (χ4v) is 1.77. The Labute approximate surface area is 110 Å². The molecule has 0 bridgehead atoms. The molecular formula is C13H26N2O3. The molecule has 5 nitrogen and oxygen atoms in total. The first-order valence-corrected chi connectivity index (χ1v) is 6.69. The van der Waals surface area contributed by atoms with Gasteiger partial charge in [0.25, 0.3) is 0 Å². The quantitative estimate of drug-likeness (QED) is 0.701. The summed E-state index contributed by atoms with van der Waals surface area (Å²) in [5, 5.41) is 11.8. The summed E-state index contributed by atoms with van der Waals surface area (Å²) in [6.07, 6.45) is 1.81. The molecule has 0 saturated heterocycles. The fourth-order valence-electron chi connectivity index (χ4n) is 1.77. The molecule has 0 aromatic carbocycles. The van der Waals surface area contributed by atoms with E-state index in [1.165, 1.54) is 0 Å². The molecule has 106 valence electrons. The summed E-state index contributed by atoms with van der Waals surface area (Å²) in [5.74, 6) is -1.38. The highest BCUT2D eigenvalue weighted by Crippen LogP contribution is 2.10. The van der Waals surface area contributed by atoms with Crippen molar-refractivity contribution < 1.29 is 14.7 Å². The topological polar surface area (TPSA) is 69.6 Å². The van der Waals surface area contributed by atoms with Gasteiger partial charge >= 0.3 is 12.0 Å². The third-order valence-electron chi connectivity index (χ3n) is 2.87. The highest BCUT2D eigenvalue weighted by molar-refractivity contribution is 5.76. The maximum atomic E-state index is 11.9. The second-order valence-corrected chi connectivity index (χ2v) is 4.86. The molecule has 2 amide bonds. The van der Waals surface area contributed by atoms with Crippen molar-refractivity contribution in [2.24, 2.45) is 11.8 Å². The van der Waals surface area contributed by atoms with Crippen LogP contribution in [0.5, 0.6) is 0 Å². The van der Waals surface area contributed by atoms with Crippen LogP contribution in [0.4, 0.5) is 4.79 Å². The number of carboxylic acids is 1. The van der Waals surface area contributed by atoms with Crippen LogP contribution >= 0.6 is 0 Å². The summed E-state index contributed by atoms with van der Waals surface area (Å²) in [6, 6.07) is -0.161. The number of carbonyl (C=O) groups excluding carboxylic acids is 1. The van der Waals surface area contributed by atoms with Gasteiger partial charge in [0.05, 0.1) is 5.92 Å².